The van der Waals surface area contributed by atoms with Gasteiger partial charge in [-0.05, 0) is 39.1 Å². The molecule has 0 saturated carbocycles. The third-order valence-corrected chi connectivity index (χ3v) is 6.39. The van der Waals surface area contributed by atoms with Gasteiger partial charge < -0.3 is 0 Å². The third-order valence-electron chi connectivity index (χ3n) is 5.17. The predicted molar refractivity (Wildman–Crippen MR) is 120 cm³/mol. The first kappa shape index (κ1) is 10.1. The number of hydrogen-bond donors (Lipinski definition) is 0. The minimum absolute atomic E-state index is 0.0696. The zero-order valence-electron chi connectivity index (χ0n) is 24.4. The molecule has 3 heteroatoms. The van der Waals surface area contributed by atoms with Crippen molar-refractivity contribution >= 4 is 42.4 Å². The average Bonchev–Trinajstić information content (AvgIpc) is 3.16. The highest BCUT2D eigenvalue weighted by Gasteiger charge is 2.24. The largest absolute Gasteiger partial charge is 0.251 e. The molecule has 3 heterocycles. The molecule has 2 aromatic carbocycles. The van der Waals surface area contributed by atoms with Gasteiger partial charge in [0, 0.05) is 39.8 Å². The van der Waals surface area contributed by atoms with E-state index in [9.17, 15) is 0 Å². The molecule has 0 aliphatic carbocycles. The van der Waals surface area contributed by atoms with Gasteiger partial charge in [0.2, 0.25) is 5.69 Å². The minimum Gasteiger partial charge on any atom is -0.251 e. The summed E-state index contributed by atoms with van der Waals surface area (Å²) in [6.45, 7) is -5.40. The highest BCUT2D eigenvalue weighted by Crippen LogP contribution is 2.42. The van der Waals surface area contributed by atoms with Crippen LogP contribution in [0.1, 0.15) is 34.7 Å². The summed E-state index contributed by atoms with van der Waals surface area (Å²) < 4.78 is 75.3. The highest BCUT2D eigenvalue weighted by atomic mass is 32.1. The number of rotatable bonds is 1. The Labute approximate surface area is 181 Å². The van der Waals surface area contributed by atoms with E-state index in [1.165, 1.54) is 11.3 Å². The Bertz CT molecular complexity index is 1710. The first-order valence-electron chi connectivity index (χ1n) is 13.4. The van der Waals surface area contributed by atoms with Gasteiger partial charge in [0.15, 0.2) is 6.20 Å². The first-order valence-corrected chi connectivity index (χ1v) is 9.71. The molecule has 0 saturated heterocycles. The minimum atomic E-state index is -2.49. The lowest BCUT2D eigenvalue weighted by molar-refractivity contribution is -0.659. The molecule has 0 spiro atoms. The average molecular weight is 393 g/mol. The van der Waals surface area contributed by atoms with Crippen molar-refractivity contribution in [1.29, 1.82) is 0 Å². The van der Waals surface area contributed by atoms with E-state index in [1.807, 2.05) is 19.1 Å². The standard InChI is InChI=1S/C25H23N2S/c1-14-10-11-18(15(2)12-14)23-25-21(16(3)13-27(23)5)22-24(28-25)20-9-7-6-8-19(20)17(4)26-22/h6-13H,1-5H3/q+1/i1D3,3D3,4D3. The Hall–Kier alpha value is -2.78. The number of fused-ring (bicyclic) bond motifs is 5. The first-order chi connectivity index (χ1) is 17.1. The second-order valence-electron chi connectivity index (χ2n) is 7.02. The molecule has 0 radical (unpaired) electrons. The molecule has 0 bridgehead atoms. The summed E-state index contributed by atoms with van der Waals surface area (Å²) in [4.78, 5) is 4.58. The Kier molecular flexibility index (Phi) is 2.21. The number of nitrogens with zero attached hydrogens (tertiary/aromatic N) is 2. The van der Waals surface area contributed by atoms with Crippen LogP contribution in [-0.4, -0.2) is 4.98 Å². The highest BCUT2D eigenvalue weighted by molar-refractivity contribution is 7.27. The number of pyridine rings is 2. The number of benzene rings is 2. The van der Waals surface area contributed by atoms with Gasteiger partial charge in [-0.1, -0.05) is 42.0 Å². The predicted octanol–water partition coefficient (Wildman–Crippen LogP) is 6.33. The van der Waals surface area contributed by atoms with Crippen LogP contribution in [0.3, 0.4) is 0 Å². The van der Waals surface area contributed by atoms with Gasteiger partial charge >= 0.3 is 0 Å². The normalized spacial score (nSPS) is 17.9. The quantitative estimate of drug-likeness (QED) is 0.305. The molecule has 5 aromatic rings. The molecule has 0 fully saturated rings. The van der Waals surface area contributed by atoms with Gasteiger partial charge in [-0.3, -0.25) is 4.98 Å². The lowest BCUT2D eigenvalue weighted by Crippen LogP contribution is -2.31. The molecule has 0 aliphatic heterocycles. The van der Waals surface area contributed by atoms with Crippen LogP contribution in [0.25, 0.3) is 42.3 Å². The second kappa shape index (κ2) is 6.11. The summed E-state index contributed by atoms with van der Waals surface area (Å²) in [5, 5.41) is 1.59. The zero-order valence-corrected chi connectivity index (χ0v) is 16.2. The lowest BCUT2D eigenvalue weighted by Gasteiger charge is -2.08. The molecular weight excluding hydrogens is 360 g/mol. The van der Waals surface area contributed by atoms with E-state index >= 15 is 0 Å². The molecule has 0 atom stereocenters. The summed E-state index contributed by atoms with van der Waals surface area (Å²) >= 11 is 1.37. The van der Waals surface area contributed by atoms with E-state index in [-0.39, 0.29) is 16.8 Å². The van der Waals surface area contributed by atoms with E-state index < -0.39 is 20.6 Å². The summed E-state index contributed by atoms with van der Waals surface area (Å²) in [5.41, 5.74) is 2.76. The second-order valence-corrected chi connectivity index (χ2v) is 8.04. The van der Waals surface area contributed by atoms with Gasteiger partial charge in [-0.25, -0.2) is 0 Å². The SMILES string of the molecule is [2H]C([2H])([2H])c1ccc(-c2c3sc4c5ccccc5c(C([2H])([2H])[2H])nc4c3c(C([2H])([2H])[2H])c[n+]2C)c(C)c1. The molecular formula is C25H23N2S+. The summed E-state index contributed by atoms with van der Waals surface area (Å²) in [6, 6.07) is 12.1. The van der Waals surface area contributed by atoms with Crippen LogP contribution in [0.5, 0.6) is 0 Å². The van der Waals surface area contributed by atoms with Crippen molar-refractivity contribution in [3.63, 3.8) is 0 Å². The number of thiophene rings is 1. The molecule has 138 valence electrons. The van der Waals surface area contributed by atoms with Crippen molar-refractivity contribution in [3.8, 4) is 11.3 Å². The Morgan fingerprint density at radius 1 is 0.964 bits per heavy atom. The van der Waals surface area contributed by atoms with E-state index in [4.69, 9.17) is 12.3 Å². The van der Waals surface area contributed by atoms with E-state index in [0.29, 0.717) is 36.8 Å². The van der Waals surface area contributed by atoms with Crippen LogP contribution in [-0.2, 0) is 7.05 Å². The molecule has 3 aromatic heterocycles. The van der Waals surface area contributed by atoms with Crippen LogP contribution in [0.4, 0.5) is 0 Å². The Balaban J connectivity index is 1.99. The maximum Gasteiger partial charge on any atom is 0.230 e. The molecule has 2 nitrogen and oxygen atoms in total. The van der Waals surface area contributed by atoms with Crippen LogP contribution in [0.15, 0.2) is 48.7 Å². The number of aromatic nitrogens is 2. The number of aryl methyl sites for hydroxylation is 5. The number of hydrogen-bond acceptors (Lipinski definition) is 2. The molecule has 28 heavy (non-hydrogen) atoms. The zero-order chi connectivity index (χ0) is 27.1. The van der Waals surface area contributed by atoms with Crippen LogP contribution >= 0.6 is 11.3 Å². The fourth-order valence-electron chi connectivity index (χ4n) is 3.91. The summed E-state index contributed by atoms with van der Waals surface area (Å²) in [7, 11) is 1.75. The van der Waals surface area contributed by atoms with Crippen LogP contribution in [0.2, 0.25) is 0 Å². The lowest BCUT2D eigenvalue weighted by atomic mass is 10.00. The van der Waals surface area contributed by atoms with Gasteiger partial charge in [0.05, 0.1) is 15.8 Å². The van der Waals surface area contributed by atoms with Crippen molar-refractivity contribution in [1.82, 2.24) is 4.98 Å². The van der Waals surface area contributed by atoms with Crippen molar-refractivity contribution < 1.29 is 16.9 Å². The summed E-state index contributed by atoms with van der Waals surface area (Å²) in [5.74, 6) is 0. The molecule has 5 rings (SSSR count). The fraction of sp³-hybridized carbons (Fsp3) is 0.200. The maximum atomic E-state index is 8.24. The fourth-order valence-corrected chi connectivity index (χ4v) is 5.31. The van der Waals surface area contributed by atoms with Crippen molar-refractivity contribution in [2.45, 2.75) is 27.5 Å². The van der Waals surface area contributed by atoms with Crippen molar-refractivity contribution in [2.75, 3.05) is 0 Å². The monoisotopic (exact) mass is 392 g/mol. The summed E-state index contributed by atoms with van der Waals surface area (Å²) in [6.07, 6.45) is 1.54. The van der Waals surface area contributed by atoms with Crippen molar-refractivity contribution in [3.05, 3.63) is 71.0 Å². The van der Waals surface area contributed by atoms with Gasteiger partial charge in [-0.15, -0.1) is 11.3 Å². The topological polar surface area (TPSA) is 16.8 Å². The van der Waals surface area contributed by atoms with Crippen molar-refractivity contribution in [2.24, 2.45) is 7.05 Å². The van der Waals surface area contributed by atoms with E-state index in [1.54, 1.807) is 48.1 Å². The Morgan fingerprint density at radius 3 is 2.57 bits per heavy atom. The van der Waals surface area contributed by atoms with Crippen LogP contribution < -0.4 is 4.57 Å². The van der Waals surface area contributed by atoms with Crippen LogP contribution in [0, 0.1) is 27.5 Å². The third kappa shape index (κ3) is 2.39. The van der Waals surface area contributed by atoms with Gasteiger partial charge in [0.1, 0.15) is 11.7 Å². The maximum absolute atomic E-state index is 8.24. The molecule has 0 aliphatic rings. The molecule has 0 amide bonds. The van der Waals surface area contributed by atoms with E-state index in [0.717, 1.165) is 11.1 Å². The molecule has 0 unspecified atom stereocenters. The Morgan fingerprint density at radius 2 is 1.82 bits per heavy atom. The van der Waals surface area contributed by atoms with E-state index in [2.05, 4.69) is 4.98 Å². The van der Waals surface area contributed by atoms with Gasteiger partial charge in [-0.2, -0.15) is 4.57 Å². The van der Waals surface area contributed by atoms with Gasteiger partial charge in [0.25, 0.3) is 0 Å². The molecule has 0 N–H and O–H groups in total. The smallest absolute Gasteiger partial charge is 0.230 e.